The number of methoxy groups -OCH3 is 1. The molecule has 0 spiro atoms. The van der Waals surface area contributed by atoms with E-state index in [9.17, 15) is 4.79 Å². The van der Waals surface area contributed by atoms with Crippen LogP contribution in [-0.4, -0.2) is 52.9 Å². The first-order valence-corrected chi connectivity index (χ1v) is 8.38. The molecule has 3 aromatic rings. The molecule has 1 aromatic carbocycles. The van der Waals surface area contributed by atoms with Crippen molar-refractivity contribution < 1.29 is 24.2 Å². The van der Waals surface area contributed by atoms with E-state index in [2.05, 4.69) is 9.97 Å². The molecule has 0 radical (unpaired) electrons. The summed E-state index contributed by atoms with van der Waals surface area (Å²) in [5.41, 5.74) is 4.09. The van der Waals surface area contributed by atoms with Gasteiger partial charge in [-0.25, -0.2) is 19.7 Å². The highest BCUT2D eigenvalue weighted by molar-refractivity contribution is 6.02. The Balaban J connectivity index is 0.000000706. The van der Waals surface area contributed by atoms with Crippen molar-refractivity contribution in [2.75, 3.05) is 25.2 Å². The lowest BCUT2D eigenvalue weighted by atomic mass is 10.1. The van der Waals surface area contributed by atoms with Crippen molar-refractivity contribution in [3.05, 3.63) is 42.2 Å². The molecule has 0 saturated carbocycles. The first-order chi connectivity index (χ1) is 13.6. The topological polar surface area (TPSA) is 115 Å². The summed E-state index contributed by atoms with van der Waals surface area (Å²) in [4.78, 5) is 35.0. The largest absolute Gasteiger partial charge is 0.483 e. The molecule has 1 amide bonds. The van der Waals surface area contributed by atoms with E-state index in [0.717, 1.165) is 33.4 Å². The van der Waals surface area contributed by atoms with Gasteiger partial charge in [0.25, 0.3) is 6.47 Å². The zero-order chi connectivity index (χ0) is 20.1. The Labute approximate surface area is 160 Å². The SMILES string of the molecule is COc1ncc(-c2cc(C)c3cccc(N4CCOC4=O)c3n2)cn1.O=CO. The van der Waals surface area contributed by atoms with Crippen LogP contribution in [0.15, 0.2) is 36.7 Å². The summed E-state index contributed by atoms with van der Waals surface area (Å²) in [5, 5.41) is 7.88. The molecule has 0 atom stereocenters. The maximum absolute atomic E-state index is 12.0. The van der Waals surface area contributed by atoms with E-state index in [1.54, 1.807) is 17.3 Å². The van der Waals surface area contributed by atoms with Crippen LogP contribution in [0.1, 0.15) is 5.56 Å². The standard InChI is InChI=1S/C18H16N4O3.CH2O2/c1-11-8-14(12-9-19-17(24-2)20-10-12)21-16-13(11)4-3-5-15(16)22-6-7-25-18(22)23;2-1-3/h3-5,8-10H,6-7H2,1-2H3;1H,(H,2,3). The summed E-state index contributed by atoms with van der Waals surface area (Å²) in [6, 6.07) is 8.10. The second kappa shape index (κ2) is 8.30. The predicted molar refractivity (Wildman–Crippen MR) is 101 cm³/mol. The van der Waals surface area contributed by atoms with E-state index in [0.29, 0.717) is 19.2 Å². The van der Waals surface area contributed by atoms with E-state index in [-0.39, 0.29) is 12.6 Å². The Morgan fingerprint density at radius 2 is 2.00 bits per heavy atom. The van der Waals surface area contributed by atoms with Crippen LogP contribution < -0.4 is 9.64 Å². The highest BCUT2D eigenvalue weighted by Gasteiger charge is 2.26. The van der Waals surface area contributed by atoms with E-state index in [1.807, 2.05) is 31.2 Å². The van der Waals surface area contributed by atoms with Gasteiger partial charge >= 0.3 is 12.1 Å². The Morgan fingerprint density at radius 1 is 1.29 bits per heavy atom. The summed E-state index contributed by atoms with van der Waals surface area (Å²) in [5.74, 6) is 0. The highest BCUT2D eigenvalue weighted by atomic mass is 16.6. The van der Waals surface area contributed by atoms with E-state index >= 15 is 0 Å². The molecule has 9 nitrogen and oxygen atoms in total. The molecule has 0 unspecified atom stereocenters. The number of carbonyl (C=O) groups is 2. The molecule has 0 aliphatic carbocycles. The fraction of sp³-hybridized carbons (Fsp3) is 0.211. The number of fused-ring (bicyclic) bond motifs is 1. The summed E-state index contributed by atoms with van der Waals surface area (Å²) in [7, 11) is 1.52. The average molecular weight is 382 g/mol. The molecule has 1 fully saturated rings. The maximum Gasteiger partial charge on any atom is 0.414 e. The summed E-state index contributed by atoms with van der Waals surface area (Å²) in [6.45, 7) is 2.68. The predicted octanol–water partition coefficient (Wildman–Crippen LogP) is 2.67. The molecule has 3 heterocycles. The fourth-order valence-corrected chi connectivity index (χ4v) is 2.93. The van der Waals surface area contributed by atoms with Crippen LogP contribution in [0, 0.1) is 6.92 Å². The van der Waals surface area contributed by atoms with Crippen LogP contribution in [-0.2, 0) is 9.53 Å². The van der Waals surface area contributed by atoms with E-state index in [1.165, 1.54) is 7.11 Å². The van der Waals surface area contributed by atoms with Gasteiger partial charge in [-0.15, -0.1) is 0 Å². The molecule has 144 valence electrons. The Kier molecular flexibility index (Phi) is 5.64. The van der Waals surface area contributed by atoms with Crippen molar-refractivity contribution in [2.45, 2.75) is 6.92 Å². The molecule has 1 aliphatic rings. The number of aromatic nitrogens is 3. The molecule has 2 aromatic heterocycles. The van der Waals surface area contributed by atoms with Gasteiger partial charge in [-0.05, 0) is 24.6 Å². The number of para-hydroxylation sites is 1. The molecular formula is C19H18N4O5. The zero-order valence-electron chi connectivity index (χ0n) is 15.3. The first-order valence-electron chi connectivity index (χ1n) is 8.38. The number of benzene rings is 1. The molecule has 28 heavy (non-hydrogen) atoms. The van der Waals surface area contributed by atoms with Crippen molar-refractivity contribution in [1.29, 1.82) is 0 Å². The van der Waals surface area contributed by atoms with Gasteiger partial charge in [0.1, 0.15) is 6.61 Å². The van der Waals surface area contributed by atoms with Gasteiger partial charge in [0.2, 0.25) is 0 Å². The Morgan fingerprint density at radius 3 is 2.61 bits per heavy atom. The molecule has 0 bridgehead atoms. The quantitative estimate of drug-likeness (QED) is 0.688. The number of aryl methyl sites for hydroxylation is 1. The van der Waals surface area contributed by atoms with Gasteiger partial charge in [-0.3, -0.25) is 9.69 Å². The third-order valence-corrected chi connectivity index (χ3v) is 4.18. The van der Waals surface area contributed by atoms with Gasteiger partial charge in [-0.2, -0.15) is 0 Å². The van der Waals surface area contributed by atoms with Crippen molar-refractivity contribution in [3.63, 3.8) is 0 Å². The van der Waals surface area contributed by atoms with Crippen LogP contribution in [0.2, 0.25) is 0 Å². The number of amides is 1. The van der Waals surface area contributed by atoms with Gasteiger partial charge < -0.3 is 14.6 Å². The number of rotatable bonds is 3. The van der Waals surface area contributed by atoms with E-state index < -0.39 is 0 Å². The third-order valence-electron chi connectivity index (χ3n) is 4.18. The van der Waals surface area contributed by atoms with Crippen LogP contribution in [0.25, 0.3) is 22.2 Å². The van der Waals surface area contributed by atoms with Gasteiger partial charge in [-0.1, -0.05) is 12.1 Å². The number of nitrogens with zero attached hydrogens (tertiary/aromatic N) is 4. The van der Waals surface area contributed by atoms with Crippen molar-refractivity contribution in [2.24, 2.45) is 0 Å². The number of ether oxygens (including phenoxy) is 2. The Hall–Kier alpha value is -3.75. The number of anilines is 1. The minimum atomic E-state index is -0.342. The lowest BCUT2D eigenvalue weighted by molar-refractivity contribution is -0.122. The number of cyclic esters (lactones) is 1. The molecule has 9 heteroatoms. The number of carbonyl (C=O) groups excluding carboxylic acids is 1. The maximum atomic E-state index is 12.0. The summed E-state index contributed by atoms with van der Waals surface area (Å²) in [6.07, 6.45) is 3.00. The zero-order valence-corrected chi connectivity index (χ0v) is 15.3. The Bertz CT molecular complexity index is 1010. The highest BCUT2D eigenvalue weighted by Crippen LogP contribution is 2.31. The monoisotopic (exact) mass is 382 g/mol. The van der Waals surface area contributed by atoms with Crippen molar-refractivity contribution in [1.82, 2.24) is 15.0 Å². The molecular weight excluding hydrogens is 364 g/mol. The van der Waals surface area contributed by atoms with Gasteiger partial charge in [0, 0.05) is 23.3 Å². The molecule has 1 aliphatic heterocycles. The first kappa shape index (κ1) is 19.0. The lowest BCUT2D eigenvalue weighted by Crippen LogP contribution is -2.23. The second-order valence-electron chi connectivity index (χ2n) is 5.83. The van der Waals surface area contributed by atoms with Crippen molar-refractivity contribution in [3.8, 4) is 17.3 Å². The average Bonchev–Trinajstić information content (AvgIpc) is 3.14. The van der Waals surface area contributed by atoms with Gasteiger partial charge in [0.15, 0.2) is 0 Å². The van der Waals surface area contributed by atoms with Crippen LogP contribution >= 0.6 is 0 Å². The summed E-state index contributed by atoms with van der Waals surface area (Å²) < 4.78 is 10.1. The third kappa shape index (κ3) is 3.68. The van der Waals surface area contributed by atoms with Crippen LogP contribution in [0.5, 0.6) is 6.01 Å². The minimum absolute atomic E-state index is 0.250. The van der Waals surface area contributed by atoms with E-state index in [4.69, 9.17) is 24.4 Å². The fourth-order valence-electron chi connectivity index (χ4n) is 2.93. The van der Waals surface area contributed by atoms with Gasteiger partial charge in [0.05, 0.1) is 30.6 Å². The minimum Gasteiger partial charge on any atom is -0.483 e. The summed E-state index contributed by atoms with van der Waals surface area (Å²) >= 11 is 0. The number of hydrogen-bond acceptors (Lipinski definition) is 7. The number of carboxylic acid groups (broad SMARTS) is 1. The second-order valence-corrected chi connectivity index (χ2v) is 5.83. The molecule has 1 saturated heterocycles. The number of hydrogen-bond donors (Lipinski definition) is 1. The molecule has 4 rings (SSSR count). The smallest absolute Gasteiger partial charge is 0.414 e. The van der Waals surface area contributed by atoms with Crippen LogP contribution in [0.3, 0.4) is 0 Å². The van der Waals surface area contributed by atoms with Crippen molar-refractivity contribution >= 4 is 29.2 Å². The molecule has 1 N–H and O–H groups in total. The normalized spacial score (nSPS) is 12.9. The lowest BCUT2D eigenvalue weighted by Gasteiger charge is -2.16. The number of pyridine rings is 1. The van der Waals surface area contributed by atoms with Crippen LogP contribution in [0.4, 0.5) is 10.5 Å².